The second-order valence-electron chi connectivity index (χ2n) is 6.40. The molecular weight excluding hydrogens is 254 g/mol. The predicted molar refractivity (Wildman–Crippen MR) is 79.7 cm³/mol. The van der Waals surface area contributed by atoms with E-state index in [9.17, 15) is 4.79 Å². The van der Waals surface area contributed by atoms with Gasteiger partial charge in [-0.2, -0.15) is 0 Å². The molecule has 2 rings (SSSR count). The highest BCUT2D eigenvalue weighted by Crippen LogP contribution is 2.31. The number of carbonyl (C=O) groups excluding carboxylic acids is 1. The molecule has 2 fully saturated rings. The zero-order chi connectivity index (χ0) is 14.6. The van der Waals surface area contributed by atoms with E-state index in [2.05, 4.69) is 29.6 Å². The summed E-state index contributed by atoms with van der Waals surface area (Å²) in [6.45, 7) is 4.14. The van der Waals surface area contributed by atoms with E-state index >= 15 is 0 Å². The zero-order valence-electron chi connectivity index (χ0n) is 13.1. The van der Waals surface area contributed by atoms with Crippen LogP contribution in [0.15, 0.2) is 0 Å². The van der Waals surface area contributed by atoms with Crippen molar-refractivity contribution in [3.63, 3.8) is 0 Å². The van der Waals surface area contributed by atoms with Crippen LogP contribution in [-0.2, 0) is 9.53 Å². The van der Waals surface area contributed by atoms with Gasteiger partial charge in [-0.05, 0) is 33.9 Å². The molecule has 0 unspecified atom stereocenters. The summed E-state index contributed by atoms with van der Waals surface area (Å²) in [6, 6.07) is -0.216. The van der Waals surface area contributed by atoms with Gasteiger partial charge >= 0.3 is 0 Å². The molecule has 5 heteroatoms. The number of amides is 1. The van der Waals surface area contributed by atoms with Crippen LogP contribution in [0.4, 0.5) is 0 Å². The highest BCUT2D eigenvalue weighted by Gasteiger charge is 2.36. The van der Waals surface area contributed by atoms with Gasteiger partial charge in [0.25, 0.3) is 0 Å². The molecule has 0 radical (unpaired) electrons. The number of rotatable bonds is 4. The fourth-order valence-electron chi connectivity index (χ4n) is 3.38. The Kier molecular flexibility index (Phi) is 5.41. The minimum Gasteiger partial charge on any atom is -0.375 e. The Balaban J connectivity index is 1.90. The SMILES string of the molecule is C[C@H]1OCCN[C@@H]1C(=O)NCC1(N(C)C)CCCCC1. The van der Waals surface area contributed by atoms with E-state index in [1.807, 2.05) is 6.92 Å². The summed E-state index contributed by atoms with van der Waals surface area (Å²) in [7, 11) is 4.25. The van der Waals surface area contributed by atoms with E-state index < -0.39 is 0 Å². The maximum Gasteiger partial charge on any atom is 0.239 e. The minimum atomic E-state index is -0.216. The zero-order valence-corrected chi connectivity index (χ0v) is 13.1. The maximum absolute atomic E-state index is 12.3. The highest BCUT2D eigenvalue weighted by atomic mass is 16.5. The number of hydrogen-bond acceptors (Lipinski definition) is 4. The summed E-state index contributed by atoms with van der Waals surface area (Å²) in [5.74, 6) is 0.0731. The van der Waals surface area contributed by atoms with Crippen LogP contribution in [-0.4, -0.2) is 62.3 Å². The summed E-state index contributed by atoms with van der Waals surface area (Å²) in [4.78, 5) is 14.6. The summed E-state index contributed by atoms with van der Waals surface area (Å²) >= 11 is 0. The summed E-state index contributed by atoms with van der Waals surface area (Å²) < 4.78 is 5.54. The van der Waals surface area contributed by atoms with Crippen LogP contribution in [0.5, 0.6) is 0 Å². The van der Waals surface area contributed by atoms with Crippen molar-refractivity contribution < 1.29 is 9.53 Å². The molecule has 0 aromatic rings. The average molecular weight is 283 g/mol. The molecule has 1 aliphatic heterocycles. The standard InChI is InChI=1S/C15H29N3O2/c1-12-13(16-9-10-20-12)14(19)17-11-15(18(2)3)7-5-4-6-8-15/h12-13,16H,4-11H2,1-3H3,(H,17,19)/t12-,13+/m1/s1. The number of morpholine rings is 1. The Hall–Kier alpha value is -0.650. The van der Waals surface area contributed by atoms with Crippen molar-refractivity contribution in [2.24, 2.45) is 0 Å². The number of carbonyl (C=O) groups is 1. The van der Waals surface area contributed by atoms with Crippen LogP contribution in [0.3, 0.4) is 0 Å². The van der Waals surface area contributed by atoms with Gasteiger partial charge in [0.05, 0.1) is 12.7 Å². The van der Waals surface area contributed by atoms with Gasteiger partial charge < -0.3 is 20.3 Å². The van der Waals surface area contributed by atoms with Crippen LogP contribution in [0, 0.1) is 0 Å². The quantitative estimate of drug-likeness (QED) is 0.799. The third kappa shape index (κ3) is 3.51. The Morgan fingerprint density at radius 3 is 2.65 bits per heavy atom. The molecule has 5 nitrogen and oxygen atoms in total. The Labute approximate surface area is 122 Å². The fraction of sp³-hybridized carbons (Fsp3) is 0.933. The van der Waals surface area contributed by atoms with Gasteiger partial charge in [-0.15, -0.1) is 0 Å². The molecule has 1 saturated carbocycles. The largest absolute Gasteiger partial charge is 0.375 e. The molecule has 116 valence electrons. The lowest BCUT2D eigenvalue weighted by atomic mass is 9.80. The number of nitrogens with zero attached hydrogens (tertiary/aromatic N) is 1. The number of likely N-dealkylation sites (N-methyl/N-ethyl adjacent to an activating group) is 1. The summed E-state index contributed by atoms with van der Waals surface area (Å²) in [6.07, 6.45) is 6.13. The third-order valence-electron chi connectivity index (χ3n) is 4.92. The van der Waals surface area contributed by atoms with Crippen molar-refractivity contribution in [2.45, 2.75) is 56.7 Å². The molecule has 1 amide bonds. The molecule has 1 heterocycles. The van der Waals surface area contributed by atoms with Gasteiger partial charge in [-0.1, -0.05) is 19.3 Å². The molecule has 0 spiro atoms. The van der Waals surface area contributed by atoms with Crippen molar-refractivity contribution in [3.05, 3.63) is 0 Å². The van der Waals surface area contributed by atoms with E-state index in [0.717, 1.165) is 13.1 Å². The lowest BCUT2D eigenvalue weighted by Crippen LogP contribution is -2.59. The highest BCUT2D eigenvalue weighted by molar-refractivity contribution is 5.82. The van der Waals surface area contributed by atoms with Crippen molar-refractivity contribution in [2.75, 3.05) is 33.8 Å². The van der Waals surface area contributed by atoms with Crippen LogP contribution in [0.2, 0.25) is 0 Å². The Bertz CT molecular complexity index is 327. The third-order valence-corrected chi connectivity index (χ3v) is 4.92. The monoisotopic (exact) mass is 283 g/mol. The fourth-order valence-corrected chi connectivity index (χ4v) is 3.38. The number of hydrogen-bond donors (Lipinski definition) is 2. The first kappa shape index (κ1) is 15.7. The predicted octanol–water partition coefficient (Wildman–Crippen LogP) is 0.744. The van der Waals surface area contributed by atoms with Crippen LogP contribution in [0.25, 0.3) is 0 Å². The van der Waals surface area contributed by atoms with Gasteiger partial charge in [-0.3, -0.25) is 4.79 Å². The maximum atomic E-state index is 12.3. The number of ether oxygens (including phenoxy) is 1. The normalized spacial score (nSPS) is 30.2. The van der Waals surface area contributed by atoms with Crippen molar-refractivity contribution in [1.82, 2.24) is 15.5 Å². The molecule has 20 heavy (non-hydrogen) atoms. The molecule has 0 aromatic carbocycles. The topological polar surface area (TPSA) is 53.6 Å². The Morgan fingerprint density at radius 1 is 1.35 bits per heavy atom. The van der Waals surface area contributed by atoms with E-state index in [0.29, 0.717) is 6.61 Å². The second-order valence-corrected chi connectivity index (χ2v) is 6.40. The van der Waals surface area contributed by atoms with Crippen LogP contribution < -0.4 is 10.6 Å². The first-order valence-corrected chi connectivity index (χ1v) is 7.85. The van der Waals surface area contributed by atoms with E-state index in [1.54, 1.807) is 0 Å². The lowest BCUT2D eigenvalue weighted by molar-refractivity contribution is -0.129. The average Bonchev–Trinajstić information content (AvgIpc) is 2.46. The van der Waals surface area contributed by atoms with Crippen molar-refractivity contribution in [3.8, 4) is 0 Å². The second kappa shape index (κ2) is 6.87. The van der Waals surface area contributed by atoms with E-state index in [4.69, 9.17) is 4.74 Å². The van der Waals surface area contributed by atoms with Gasteiger partial charge in [0, 0.05) is 18.6 Å². The molecule has 0 aromatic heterocycles. The van der Waals surface area contributed by atoms with Gasteiger partial charge in [0.2, 0.25) is 5.91 Å². The van der Waals surface area contributed by atoms with E-state index in [-0.39, 0.29) is 23.6 Å². The summed E-state index contributed by atoms with van der Waals surface area (Å²) in [5.41, 5.74) is 0.132. The molecule has 2 N–H and O–H groups in total. The van der Waals surface area contributed by atoms with Gasteiger partial charge in [0.1, 0.15) is 6.04 Å². The molecule has 2 aliphatic rings. The molecule has 1 aliphatic carbocycles. The van der Waals surface area contributed by atoms with Crippen LogP contribution in [0.1, 0.15) is 39.0 Å². The smallest absolute Gasteiger partial charge is 0.239 e. The molecule has 0 bridgehead atoms. The van der Waals surface area contributed by atoms with Crippen molar-refractivity contribution in [1.29, 1.82) is 0 Å². The first-order chi connectivity index (χ1) is 9.55. The summed E-state index contributed by atoms with van der Waals surface area (Å²) in [5, 5.41) is 6.40. The van der Waals surface area contributed by atoms with Crippen molar-refractivity contribution >= 4 is 5.91 Å². The van der Waals surface area contributed by atoms with Gasteiger partial charge in [0.15, 0.2) is 0 Å². The lowest BCUT2D eigenvalue weighted by Gasteiger charge is -2.43. The Morgan fingerprint density at radius 2 is 2.05 bits per heavy atom. The number of nitrogens with one attached hydrogen (secondary N) is 2. The van der Waals surface area contributed by atoms with Gasteiger partial charge in [-0.25, -0.2) is 0 Å². The molecule has 2 atom stereocenters. The van der Waals surface area contributed by atoms with E-state index in [1.165, 1.54) is 32.1 Å². The minimum absolute atomic E-state index is 0.0505. The molecule has 1 saturated heterocycles. The van der Waals surface area contributed by atoms with Crippen LogP contribution >= 0.6 is 0 Å². The molecular formula is C15H29N3O2. The first-order valence-electron chi connectivity index (χ1n) is 7.85.